The van der Waals surface area contributed by atoms with Crippen molar-refractivity contribution < 1.29 is 23.1 Å². The van der Waals surface area contributed by atoms with E-state index in [2.05, 4.69) is 38.5 Å². The van der Waals surface area contributed by atoms with Crippen LogP contribution in [0.4, 0.5) is 19.3 Å². The molecule has 3 rings (SSSR count). The van der Waals surface area contributed by atoms with Gasteiger partial charge in [-0.05, 0) is 46.9 Å². The number of ether oxygens (including phenoxy) is 1. The molecule has 2 aromatic rings. The third kappa shape index (κ3) is 4.29. The molecule has 2 aromatic carbocycles. The summed E-state index contributed by atoms with van der Waals surface area (Å²) in [7, 11) is 1.30. The highest BCUT2D eigenvalue weighted by Crippen LogP contribution is 2.31. The molecule has 1 aliphatic heterocycles. The second-order valence-corrected chi connectivity index (χ2v) is 7.19. The van der Waals surface area contributed by atoms with Gasteiger partial charge in [0.1, 0.15) is 23.4 Å². The number of nitrogens with one attached hydrogen (secondary N) is 3. The molecular weight excluding hydrogens is 471 g/mol. The van der Waals surface area contributed by atoms with Crippen LogP contribution in [0.15, 0.2) is 36.4 Å². The van der Waals surface area contributed by atoms with Crippen LogP contribution in [0.2, 0.25) is 0 Å². The number of halogens is 3. The van der Waals surface area contributed by atoms with Crippen LogP contribution >= 0.6 is 22.6 Å². The van der Waals surface area contributed by atoms with E-state index >= 15 is 0 Å². The second-order valence-electron chi connectivity index (χ2n) is 5.94. The van der Waals surface area contributed by atoms with Crippen LogP contribution in [0, 0.1) is 15.2 Å². The molecular formula is C18H16F2IN3O3. The van der Waals surface area contributed by atoms with Gasteiger partial charge in [-0.15, -0.1) is 0 Å². The summed E-state index contributed by atoms with van der Waals surface area (Å²) >= 11 is 2.13. The number of urea groups is 1. The molecule has 0 radical (unpaired) electrons. The minimum atomic E-state index is -1.11. The Morgan fingerprint density at radius 2 is 1.85 bits per heavy atom. The Bertz CT molecular complexity index is 854. The lowest BCUT2D eigenvalue weighted by Crippen LogP contribution is -2.45. The van der Waals surface area contributed by atoms with Crippen molar-refractivity contribution >= 4 is 40.2 Å². The highest BCUT2D eigenvalue weighted by Gasteiger charge is 2.40. The molecule has 6 nitrogen and oxygen atoms in total. The van der Waals surface area contributed by atoms with Crippen molar-refractivity contribution in [2.24, 2.45) is 0 Å². The van der Waals surface area contributed by atoms with E-state index in [9.17, 15) is 18.4 Å². The van der Waals surface area contributed by atoms with Gasteiger partial charge in [0.15, 0.2) is 0 Å². The van der Waals surface area contributed by atoms with Crippen LogP contribution in [0.3, 0.4) is 0 Å². The zero-order chi connectivity index (χ0) is 19.6. The van der Waals surface area contributed by atoms with E-state index < -0.39 is 35.5 Å². The molecule has 1 heterocycles. The minimum absolute atomic E-state index is 0.00742. The molecule has 2 unspecified atom stereocenters. The van der Waals surface area contributed by atoms with Crippen LogP contribution < -0.4 is 20.7 Å². The molecule has 2 atom stereocenters. The maximum absolute atomic E-state index is 14.4. The largest absolute Gasteiger partial charge is 0.497 e. The summed E-state index contributed by atoms with van der Waals surface area (Å²) in [6.45, 7) is 0.00742. The van der Waals surface area contributed by atoms with Gasteiger partial charge in [-0.1, -0.05) is 0 Å². The number of carbonyl (C=O) groups excluding carboxylic acids is 2. The van der Waals surface area contributed by atoms with Gasteiger partial charge in [-0.3, -0.25) is 4.79 Å². The molecule has 27 heavy (non-hydrogen) atoms. The number of anilines is 1. The normalized spacial score (nSPS) is 18.7. The fourth-order valence-electron chi connectivity index (χ4n) is 2.93. The van der Waals surface area contributed by atoms with Crippen molar-refractivity contribution in [3.63, 3.8) is 0 Å². The molecule has 0 bridgehead atoms. The van der Waals surface area contributed by atoms with Gasteiger partial charge in [0.2, 0.25) is 5.91 Å². The van der Waals surface area contributed by atoms with Gasteiger partial charge < -0.3 is 20.7 Å². The van der Waals surface area contributed by atoms with Crippen LogP contribution in [0.1, 0.15) is 11.5 Å². The summed E-state index contributed by atoms with van der Waals surface area (Å²) in [5, 5.41) is 7.62. The monoisotopic (exact) mass is 487 g/mol. The molecule has 0 spiro atoms. The highest BCUT2D eigenvalue weighted by molar-refractivity contribution is 14.1. The molecule has 3 amide bonds. The summed E-state index contributed by atoms with van der Waals surface area (Å²) in [4.78, 5) is 24.3. The number of hydrogen-bond acceptors (Lipinski definition) is 3. The van der Waals surface area contributed by atoms with Crippen molar-refractivity contribution in [3.8, 4) is 5.75 Å². The predicted molar refractivity (Wildman–Crippen MR) is 104 cm³/mol. The van der Waals surface area contributed by atoms with E-state index in [0.717, 1.165) is 15.7 Å². The fraction of sp³-hybridized carbons (Fsp3) is 0.222. The molecule has 3 N–H and O–H groups in total. The number of methoxy groups -OCH3 is 1. The van der Waals surface area contributed by atoms with E-state index in [1.165, 1.54) is 7.11 Å². The van der Waals surface area contributed by atoms with Gasteiger partial charge in [0.25, 0.3) is 0 Å². The maximum atomic E-state index is 14.4. The first-order valence-electron chi connectivity index (χ1n) is 8.02. The number of hydrogen-bond donors (Lipinski definition) is 3. The third-order valence-electron chi connectivity index (χ3n) is 4.23. The summed E-state index contributed by atoms with van der Waals surface area (Å²) in [5.41, 5.74) is 0.262. The molecule has 9 heteroatoms. The molecule has 1 saturated heterocycles. The lowest BCUT2D eigenvalue weighted by Gasteiger charge is -2.20. The second kappa shape index (κ2) is 8.07. The van der Waals surface area contributed by atoms with Crippen molar-refractivity contribution in [3.05, 3.63) is 57.2 Å². The molecule has 0 saturated carbocycles. The van der Waals surface area contributed by atoms with Crippen molar-refractivity contribution in [1.82, 2.24) is 10.6 Å². The summed E-state index contributed by atoms with van der Waals surface area (Å²) < 4.78 is 34.6. The first-order valence-corrected chi connectivity index (χ1v) is 9.10. The van der Waals surface area contributed by atoms with Crippen molar-refractivity contribution in [1.29, 1.82) is 0 Å². The minimum Gasteiger partial charge on any atom is -0.497 e. The summed E-state index contributed by atoms with van der Waals surface area (Å²) in [6, 6.07) is 7.37. The zero-order valence-corrected chi connectivity index (χ0v) is 16.3. The van der Waals surface area contributed by atoms with E-state index in [0.29, 0.717) is 5.69 Å². The number of benzene rings is 2. The van der Waals surface area contributed by atoms with Crippen molar-refractivity contribution in [2.45, 2.75) is 12.0 Å². The Hall–Kier alpha value is -2.43. The third-order valence-corrected chi connectivity index (χ3v) is 4.95. The Labute approximate surface area is 167 Å². The van der Waals surface area contributed by atoms with E-state index in [1.54, 1.807) is 12.1 Å². The molecule has 142 valence electrons. The Balaban J connectivity index is 1.78. The SMILES string of the molecule is COc1cc(F)c(C2CNC(=O)C2NC(=O)Nc2ccc(I)cc2)c(F)c1. The standard InChI is InChI=1S/C18H16F2IN3O3/c1-27-11-6-13(19)15(14(20)7-11)12-8-22-17(25)16(12)24-18(26)23-10-4-2-9(21)3-5-10/h2-7,12,16H,8H2,1H3,(H,22,25)(H2,23,24,26). The average molecular weight is 487 g/mol. The van der Waals surface area contributed by atoms with Gasteiger partial charge in [-0.2, -0.15) is 0 Å². The predicted octanol–water partition coefficient (Wildman–Crippen LogP) is 2.98. The van der Waals surface area contributed by atoms with Crippen LogP contribution in [-0.2, 0) is 4.79 Å². The quantitative estimate of drug-likeness (QED) is 0.581. The zero-order valence-electron chi connectivity index (χ0n) is 14.2. The molecule has 1 fully saturated rings. The van der Waals surface area contributed by atoms with Crippen LogP contribution in [0.25, 0.3) is 0 Å². The number of amides is 3. The average Bonchev–Trinajstić information content (AvgIpc) is 2.97. The maximum Gasteiger partial charge on any atom is 0.319 e. The molecule has 1 aliphatic rings. The highest BCUT2D eigenvalue weighted by atomic mass is 127. The summed E-state index contributed by atoms with van der Waals surface area (Å²) in [5.74, 6) is -3.03. The fourth-order valence-corrected chi connectivity index (χ4v) is 3.29. The van der Waals surface area contributed by atoms with Crippen LogP contribution in [0.5, 0.6) is 5.75 Å². The van der Waals surface area contributed by atoms with Crippen molar-refractivity contribution in [2.75, 3.05) is 19.0 Å². The molecule has 0 aromatic heterocycles. The lowest BCUT2D eigenvalue weighted by molar-refractivity contribution is -0.120. The molecule has 0 aliphatic carbocycles. The van der Waals surface area contributed by atoms with E-state index in [1.807, 2.05) is 12.1 Å². The summed E-state index contributed by atoms with van der Waals surface area (Å²) in [6.07, 6.45) is 0. The van der Waals surface area contributed by atoms with Gasteiger partial charge in [-0.25, -0.2) is 13.6 Å². The smallest absolute Gasteiger partial charge is 0.319 e. The van der Waals surface area contributed by atoms with Gasteiger partial charge in [0, 0.05) is 39.4 Å². The van der Waals surface area contributed by atoms with Gasteiger partial charge in [0.05, 0.1) is 7.11 Å². The Kier molecular flexibility index (Phi) is 5.78. The van der Waals surface area contributed by atoms with E-state index in [-0.39, 0.29) is 17.9 Å². The lowest BCUT2D eigenvalue weighted by atomic mass is 9.93. The number of rotatable bonds is 4. The first-order chi connectivity index (χ1) is 12.9. The van der Waals surface area contributed by atoms with Crippen LogP contribution in [-0.4, -0.2) is 31.6 Å². The first kappa shape index (κ1) is 19.3. The Morgan fingerprint density at radius 1 is 1.22 bits per heavy atom. The number of carbonyl (C=O) groups is 2. The Morgan fingerprint density at radius 3 is 2.44 bits per heavy atom. The van der Waals surface area contributed by atoms with Gasteiger partial charge >= 0.3 is 6.03 Å². The van der Waals surface area contributed by atoms with E-state index in [4.69, 9.17) is 4.74 Å². The topological polar surface area (TPSA) is 79.5 Å².